The molecule has 0 saturated heterocycles. The molecule has 0 bridgehead atoms. The van der Waals surface area contributed by atoms with Gasteiger partial charge in [-0.1, -0.05) is 6.07 Å². The summed E-state index contributed by atoms with van der Waals surface area (Å²) < 4.78 is 0. The SMILES string of the molecule is CC(N)c1cc(C(=O)[O-])cc(C(C)N)c1. The highest BCUT2D eigenvalue weighted by Gasteiger charge is 2.07. The van der Waals surface area contributed by atoms with Gasteiger partial charge < -0.3 is 21.4 Å². The second kappa shape index (κ2) is 4.42. The van der Waals surface area contributed by atoms with Gasteiger partial charge in [0, 0.05) is 12.1 Å². The molecule has 2 atom stereocenters. The number of carbonyl (C=O) groups is 1. The van der Waals surface area contributed by atoms with E-state index in [1.54, 1.807) is 13.8 Å². The van der Waals surface area contributed by atoms with E-state index in [9.17, 15) is 9.90 Å². The maximum absolute atomic E-state index is 10.8. The zero-order valence-corrected chi connectivity index (χ0v) is 8.86. The van der Waals surface area contributed by atoms with Crippen LogP contribution >= 0.6 is 0 Å². The van der Waals surface area contributed by atoms with Gasteiger partial charge in [0.15, 0.2) is 0 Å². The van der Waals surface area contributed by atoms with Gasteiger partial charge in [-0.3, -0.25) is 0 Å². The van der Waals surface area contributed by atoms with Crippen molar-refractivity contribution in [3.63, 3.8) is 0 Å². The molecule has 0 aliphatic rings. The van der Waals surface area contributed by atoms with Crippen molar-refractivity contribution in [3.05, 3.63) is 34.9 Å². The lowest BCUT2D eigenvalue weighted by atomic mass is 9.98. The molecular weight excluding hydrogens is 192 g/mol. The van der Waals surface area contributed by atoms with E-state index in [1.165, 1.54) is 12.1 Å². The van der Waals surface area contributed by atoms with Crippen LogP contribution < -0.4 is 16.6 Å². The molecule has 82 valence electrons. The lowest BCUT2D eigenvalue weighted by Crippen LogP contribution is -2.23. The summed E-state index contributed by atoms with van der Waals surface area (Å²) in [6.45, 7) is 3.58. The first-order valence-electron chi connectivity index (χ1n) is 4.79. The van der Waals surface area contributed by atoms with Gasteiger partial charge in [-0.05, 0) is 42.7 Å². The third kappa shape index (κ3) is 2.78. The van der Waals surface area contributed by atoms with E-state index < -0.39 is 5.97 Å². The summed E-state index contributed by atoms with van der Waals surface area (Å²) in [6, 6.07) is 4.42. The van der Waals surface area contributed by atoms with Crippen LogP contribution in [0.3, 0.4) is 0 Å². The molecule has 0 saturated carbocycles. The minimum atomic E-state index is -1.21. The predicted molar refractivity (Wildman–Crippen MR) is 56.0 cm³/mol. The predicted octanol–water partition coefficient (Wildman–Crippen LogP) is 0.0895. The fraction of sp³-hybridized carbons (Fsp3) is 0.364. The zero-order chi connectivity index (χ0) is 11.6. The molecule has 15 heavy (non-hydrogen) atoms. The minimum Gasteiger partial charge on any atom is -0.545 e. The molecule has 0 aromatic heterocycles. The van der Waals surface area contributed by atoms with E-state index >= 15 is 0 Å². The molecule has 0 amide bonds. The van der Waals surface area contributed by atoms with E-state index in [2.05, 4.69) is 0 Å². The fourth-order valence-electron chi connectivity index (χ4n) is 1.32. The Balaban J connectivity index is 3.26. The van der Waals surface area contributed by atoms with Crippen molar-refractivity contribution in [2.75, 3.05) is 0 Å². The summed E-state index contributed by atoms with van der Waals surface area (Å²) >= 11 is 0. The van der Waals surface area contributed by atoms with Crippen molar-refractivity contribution in [3.8, 4) is 0 Å². The van der Waals surface area contributed by atoms with E-state index in [0.717, 1.165) is 11.1 Å². The summed E-state index contributed by atoms with van der Waals surface area (Å²) in [5.74, 6) is -1.21. The molecule has 4 N–H and O–H groups in total. The molecule has 1 aromatic carbocycles. The van der Waals surface area contributed by atoms with Crippen LogP contribution in [0.2, 0.25) is 0 Å². The number of aromatic carboxylic acids is 1. The first kappa shape index (κ1) is 11.7. The lowest BCUT2D eigenvalue weighted by Gasteiger charge is -2.14. The van der Waals surface area contributed by atoms with Crippen molar-refractivity contribution in [2.24, 2.45) is 11.5 Å². The van der Waals surface area contributed by atoms with E-state index in [-0.39, 0.29) is 17.6 Å². The second-order valence-electron chi connectivity index (χ2n) is 3.75. The van der Waals surface area contributed by atoms with Crippen LogP contribution in [0.4, 0.5) is 0 Å². The van der Waals surface area contributed by atoms with Gasteiger partial charge in [0.1, 0.15) is 0 Å². The van der Waals surface area contributed by atoms with E-state index in [1.807, 2.05) is 6.07 Å². The number of hydrogen-bond donors (Lipinski definition) is 2. The molecule has 0 fully saturated rings. The highest BCUT2D eigenvalue weighted by Crippen LogP contribution is 2.19. The van der Waals surface area contributed by atoms with Gasteiger partial charge in [-0.15, -0.1) is 0 Å². The second-order valence-corrected chi connectivity index (χ2v) is 3.75. The highest BCUT2D eigenvalue weighted by molar-refractivity contribution is 5.86. The van der Waals surface area contributed by atoms with Crippen LogP contribution in [0.1, 0.15) is 47.4 Å². The number of nitrogens with two attached hydrogens (primary N) is 2. The Hall–Kier alpha value is -1.39. The van der Waals surface area contributed by atoms with Gasteiger partial charge in [-0.25, -0.2) is 0 Å². The van der Waals surface area contributed by atoms with Crippen molar-refractivity contribution < 1.29 is 9.90 Å². The quantitative estimate of drug-likeness (QED) is 0.734. The molecule has 0 aliphatic carbocycles. The Morgan fingerprint density at radius 1 is 1.13 bits per heavy atom. The van der Waals surface area contributed by atoms with Crippen molar-refractivity contribution in [1.82, 2.24) is 0 Å². The summed E-state index contributed by atoms with van der Waals surface area (Å²) in [4.78, 5) is 10.8. The average molecular weight is 207 g/mol. The Labute approximate surface area is 88.9 Å². The van der Waals surface area contributed by atoms with Gasteiger partial charge in [0.05, 0.1) is 5.97 Å². The van der Waals surface area contributed by atoms with Crippen LogP contribution in [0.5, 0.6) is 0 Å². The molecule has 0 spiro atoms. The topological polar surface area (TPSA) is 92.2 Å². The summed E-state index contributed by atoms with van der Waals surface area (Å²) in [6.07, 6.45) is 0. The molecular formula is C11H15N2O2-. The monoisotopic (exact) mass is 207 g/mol. The average Bonchev–Trinajstić information content (AvgIpc) is 2.16. The minimum absolute atomic E-state index is 0.122. The maximum Gasteiger partial charge on any atom is 0.0715 e. The summed E-state index contributed by atoms with van der Waals surface area (Å²) in [7, 11) is 0. The number of carboxylic acids is 1. The standard InChI is InChI=1S/C11H16N2O2/c1-6(12)8-3-9(7(2)13)5-10(4-8)11(14)15/h3-7H,12-13H2,1-2H3,(H,14,15)/p-1. The van der Waals surface area contributed by atoms with Crippen LogP contribution in [-0.4, -0.2) is 5.97 Å². The molecule has 0 aliphatic heterocycles. The van der Waals surface area contributed by atoms with Gasteiger partial charge in [-0.2, -0.15) is 0 Å². The van der Waals surface area contributed by atoms with Crippen molar-refractivity contribution >= 4 is 5.97 Å². The summed E-state index contributed by atoms with van der Waals surface area (Å²) in [5.41, 5.74) is 13.0. The van der Waals surface area contributed by atoms with Gasteiger partial charge >= 0.3 is 0 Å². The highest BCUT2D eigenvalue weighted by atomic mass is 16.4. The first-order valence-corrected chi connectivity index (χ1v) is 4.79. The number of carbonyl (C=O) groups excluding carboxylic acids is 1. The maximum atomic E-state index is 10.8. The molecule has 0 radical (unpaired) electrons. The molecule has 1 rings (SSSR count). The Kier molecular flexibility index (Phi) is 3.44. The van der Waals surface area contributed by atoms with Gasteiger partial charge in [0.25, 0.3) is 0 Å². The number of benzene rings is 1. The Bertz CT molecular complexity index is 347. The third-order valence-corrected chi connectivity index (χ3v) is 2.26. The van der Waals surface area contributed by atoms with Crippen molar-refractivity contribution in [1.29, 1.82) is 0 Å². The van der Waals surface area contributed by atoms with Crippen LogP contribution in [0.25, 0.3) is 0 Å². The third-order valence-electron chi connectivity index (χ3n) is 2.26. The molecule has 4 heteroatoms. The molecule has 1 aromatic rings. The number of hydrogen-bond acceptors (Lipinski definition) is 4. The largest absolute Gasteiger partial charge is 0.545 e. The van der Waals surface area contributed by atoms with Crippen LogP contribution in [0.15, 0.2) is 18.2 Å². The normalized spacial score (nSPS) is 14.7. The van der Waals surface area contributed by atoms with Crippen LogP contribution in [-0.2, 0) is 0 Å². The molecule has 0 heterocycles. The summed E-state index contributed by atoms with van der Waals surface area (Å²) in [5, 5.41) is 10.8. The molecule has 4 nitrogen and oxygen atoms in total. The lowest BCUT2D eigenvalue weighted by molar-refractivity contribution is -0.255. The fourth-order valence-corrected chi connectivity index (χ4v) is 1.32. The Morgan fingerprint density at radius 2 is 1.53 bits per heavy atom. The molecule has 2 unspecified atom stereocenters. The van der Waals surface area contributed by atoms with E-state index in [4.69, 9.17) is 11.5 Å². The van der Waals surface area contributed by atoms with Gasteiger partial charge in [0.2, 0.25) is 0 Å². The Morgan fingerprint density at radius 3 is 1.80 bits per heavy atom. The van der Waals surface area contributed by atoms with E-state index in [0.29, 0.717) is 0 Å². The first-order chi connectivity index (χ1) is 6.91. The zero-order valence-electron chi connectivity index (χ0n) is 8.86. The van der Waals surface area contributed by atoms with Crippen LogP contribution in [0, 0.1) is 0 Å². The number of rotatable bonds is 3. The smallest absolute Gasteiger partial charge is 0.0715 e. The number of carboxylic acid groups (broad SMARTS) is 1. The van der Waals surface area contributed by atoms with Crippen molar-refractivity contribution in [2.45, 2.75) is 25.9 Å².